The number of nitrogens with zero attached hydrogens (tertiary/aromatic N) is 2. The molecule has 0 aliphatic carbocycles. The van der Waals surface area contributed by atoms with E-state index in [-0.39, 0.29) is 11.7 Å². The van der Waals surface area contributed by atoms with Crippen molar-refractivity contribution in [3.63, 3.8) is 0 Å². The second kappa shape index (κ2) is 7.18. The number of phenolic OH excluding ortho intramolecular Hbond substituents is 1. The Morgan fingerprint density at radius 3 is 3.04 bits per heavy atom. The highest BCUT2D eigenvalue weighted by Crippen LogP contribution is 2.31. The van der Waals surface area contributed by atoms with Gasteiger partial charge in [0.1, 0.15) is 0 Å². The van der Waals surface area contributed by atoms with Crippen molar-refractivity contribution in [1.29, 1.82) is 0 Å². The molecule has 0 bridgehead atoms. The van der Waals surface area contributed by atoms with Crippen molar-refractivity contribution >= 4 is 34.6 Å². The largest absolute Gasteiger partial charge is 0.504 e. The van der Waals surface area contributed by atoms with Gasteiger partial charge in [0.25, 0.3) is 5.91 Å². The fraction of sp³-hybridized carbons (Fsp3) is 0.118. The number of amidine groups is 1. The van der Waals surface area contributed by atoms with Crippen LogP contribution >= 0.6 is 11.8 Å². The van der Waals surface area contributed by atoms with Gasteiger partial charge >= 0.3 is 0 Å². The summed E-state index contributed by atoms with van der Waals surface area (Å²) in [6, 6.07) is 8.54. The monoisotopic (exact) mass is 341 g/mol. The Labute approximate surface area is 143 Å². The number of thioether (sulfide) groups is 1. The Balaban J connectivity index is 1.82. The van der Waals surface area contributed by atoms with Crippen LogP contribution in [0.2, 0.25) is 0 Å². The fourth-order valence-electron chi connectivity index (χ4n) is 2.06. The number of ether oxygens (including phenoxy) is 1. The number of aliphatic imine (C=N–C) groups is 1. The SMILES string of the molecule is CCOc1cc(/C=C2/SC(=Nc3cccnc3)NC2=O)ccc1O. The Morgan fingerprint density at radius 1 is 1.42 bits per heavy atom. The fourth-order valence-corrected chi connectivity index (χ4v) is 2.90. The number of phenols is 1. The van der Waals surface area contributed by atoms with E-state index in [0.717, 1.165) is 5.56 Å². The van der Waals surface area contributed by atoms with Gasteiger partial charge in [-0.2, -0.15) is 0 Å². The number of aromatic hydroxyl groups is 1. The van der Waals surface area contributed by atoms with E-state index in [0.29, 0.717) is 28.1 Å². The van der Waals surface area contributed by atoms with E-state index >= 15 is 0 Å². The van der Waals surface area contributed by atoms with Crippen LogP contribution in [0.15, 0.2) is 52.6 Å². The molecule has 3 rings (SSSR count). The Bertz CT molecular complexity index is 819. The maximum absolute atomic E-state index is 12.1. The maximum Gasteiger partial charge on any atom is 0.264 e. The molecule has 1 amide bonds. The first kappa shape index (κ1) is 16.1. The van der Waals surface area contributed by atoms with Gasteiger partial charge < -0.3 is 15.2 Å². The van der Waals surface area contributed by atoms with Crippen LogP contribution in [0.1, 0.15) is 12.5 Å². The average Bonchev–Trinajstić information content (AvgIpc) is 2.91. The minimum Gasteiger partial charge on any atom is -0.504 e. The first-order valence-corrected chi connectivity index (χ1v) is 8.13. The zero-order chi connectivity index (χ0) is 16.9. The van der Waals surface area contributed by atoms with E-state index < -0.39 is 0 Å². The summed E-state index contributed by atoms with van der Waals surface area (Å²) in [4.78, 5) is 20.9. The molecule has 1 aliphatic heterocycles. The van der Waals surface area contributed by atoms with Gasteiger partial charge in [-0.25, -0.2) is 4.99 Å². The lowest BCUT2D eigenvalue weighted by atomic mass is 10.2. The molecule has 0 unspecified atom stereocenters. The molecule has 122 valence electrons. The standard InChI is InChI=1S/C17H15N3O3S/c1-2-23-14-8-11(5-6-13(14)21)9-15-16(22)20-17(24-15)19-12-4-3-7-18-10-12/h3-10,21H,2H2,1H3,(H,19,20,22)/b15-9+. The van der Waals surface area contributed by atoms with Gasteiger partial charge in [-0.05, 0) is 54.6 Å². The molecular weight excluding hydrogens is 326 g/mol. The highest BCUT2D eigenvalue weighted by atomic mass is 32.2. The summed E-state index contributed by atoms with van der Waals surface area (Å²) in [5, 5.41) is 13.0. The summed E-state index contributed by atoms with van der Waals surface area (Å²) < 4.78 is 5.35. The summed E-state index contributed by atoms with van der Waals surface area (Å²) in [7, 11) is 0. The number of amides is 1. The molecule has 1 fully saturated rings. The minimum atomic E-state index is -0.214. The number of rotatable bonds is 4. The Hall–Kier alpha value is -2.80. The molecule has 0 saturated carbocycles. The zero-order valence-corrected chi connectivity index (χ0v) is 13.7. The predicted molar refractivity (Wildman–Crippen MR) is 94.3 cm³/mol. The van der Waals surface area contributed by atoms with Crippen LogP contribution in [0.4, 0.5) is 5.69 Å². The van der Waals surface area contributed by atoms with Crippen LogP contribution in [0.25, 0.3) is 6.08 Å². The van der Waals surface area contributed by atoms with Gasteiger partial charge in [0.05, 0.1) is 23.4 Å². The summed E-state index contributed by atoms with van der Waals surface area (Å²) >= 11 is 1.25. The van der Waals surface area contributed by atoms with Gasteiger partial charge in [-0.15, -0.1) is 0 Å². The van der Waals surface area contributed by atoms with Crippen molar-refractivity contribution in [3.05, 3.63) is 53.2 Å². The van der Waals surface area contributed by atoms with E-state index in [9.17, 15) is 9.90 Å². The smallest absolute Gasteiger partial charge is 0.264 e. The number of aromatic nitrogens is 1. The number of nitrogens with one attached hydrogen (secondary N) is 1. The topological polar surface area (TPSA) is 83.8 Å². The normalized spacial score (nSPS) is 17.3. The Morgan fingerprint density at radius 2 is 2.29 bits per heavy atom. The van der Waals surface area contributed by atoms with Crippen LogP contribution in [-0.2, 0) is 4.79 Å². The molecule has 0 atom stereocenters. The minimum absolute atomic E-state index is 0.0707. The molecule has 0 spiro atoms. The molecule has 0 radical (unpaired) electrons. The van der Waals surface area contributed by atoms with E-state index in [1.807, 2.05) is 13.0 Å². The van der Waals surface area contributed by atoms with Gasteiger partial charge in [-0.3, -0.25) is 9.78 Å². The third-order valence-electron chi connectivity index (χ3n) is 3.11. The summed E-state index contributed by atoms with van der Waals surface area (Å²) in [6.07, 6.45) is 5.01. The van der Waals surface area contributed by atoms with Crippen molar-refractivity contribution in [3.8, 4) is 11.5 Å². The van der Waals surface area contributed by atoms with Crippen LogP contribution in [-0.4, -0.2) is 27.8 Å². The summed E-state index contributed by atoms with van der Waals surface area (Å²) in [5.41, 5.74) is 1.43. The van der Waals surface area contributed by atoms with Crippen LogP contribution in [0, 0.1) is 0 Å². The maximum atomic E-state index is 12.1. The van der Waals surface area contributed by atoms with Gasteiger partial charge in [-0.1, -0.05) is 6.07 Å². The number of carbonyl (C=O) groups is 1. The van der Waals surface area contributed by atoms with Crippen molar-refractivity contribution < 1.29 is 14.6 Å². The molecule has 6 nitrogen and oxygen atoms in total. The molecule has 24 heavy (non-hydrogen) atoms. The van der Waals surface area contributed by atoms with Crippen LogP contribution in [0.5, 0.6) is 11.5 Å². The third kappa shape index (κ3) is 3.75. The molecule has 2 heterocycles. The predicted octanol–water partition coefficient (Wildman–Crippen LogP) is 3.08. The number of carbonyl (C=O) groups excluding carboxylic acids is 1. The third-order valence-corrected chi connectivity index (χ3v) is 4.02. The van der Waals surface area contributed by atoms with E-state index in [4.69, 9.17) is 4.74 Å². The first-order valence-electron chi connectivity index (χ1n) is 7.31. The van der Waals surface area contributed by atoms with Gasteiger partial charge in [0.15, 0.2) is 16.7 Å². The summed E-state index contributed by atoms with van der Waals surface area (Å²) in [5.74, 6) is 0.245. The molecule has 2 N–H and O–H groups in total. The van der Waals surface area contributed by atoms with Crippen molar-refractivity contribution in [2.45, 2.75) is 6.92 Å². The highest BCUT2D eigenvalue weighted by Gasteiger charge is 2.23. The van der Waals surface area contributed by atoms with Crippen molar-refractivity contribution in [1.82, 2.24) is 10.3 Å². The second-order valence-electron chi connectivity index (χ2n) is 4.85. The first-order chi connectivity index (χ1) is 11.7. The van der Waals surface area contributed by atoms with E-state index in [2.05, 4.69) is 15.3 Å². The van der Waals surface area contributed by atoms with Gasteiger partial charge in [0, 0.05) is 6.20 Å². The lowest BCUT2D eigenvalue weighted by Crippen LogP contribution is -2.19. The molecule has 1 aromatic carbocycles. The number of benzene rings is 1. The number of pyridine rings is 1. The molecule has 7 heteroatoms. The summed E-state index contributed by atoms with van der Waals surface area (Å²) in [6.45, 7) is 2.29. The van der Waals surface area contributed by atoms with E-state index in [1.54, 1.807) is 42.7 Å². The number of hydrogen-bond donors (Lipinski definition) is 2. The lowest BCUT2D eigenvalue weighted by Gasteiger charge is -2.06. The van der Waals surface area contributed by atoms with Crippen LogP contribution in [0.3, 0.4) is 0 Å². The molecule has 1 saturated heterocycles. The van der Waals surface area contributed by atoms with E-state index in [1.165, 1.54) is 11.8 Å². The molecular formula is C17H15N3O3S. The Kier molecular flexibility index (Phi) is 4.81. The molecule has 1 aliphatic rings. The van der Waals surface area contributed by atoms with Gasteiger partial charge in [0.2, 0.25) is 0 Å². The number of hydrogen-bond acceptors (Lipinski definition) is 6. The lowest BCUT2D eigenvalue weighted by molar-refractivity contribution is -0.115. The molecule has 2 aromatic rings. The second-order valence-corrected chi connectivity index (χ2v) is 5.88. The molecule has 1 aromatic heterocycles. The highest BCUT2D eigenvalue weighted by molar-refractivity contribution is 8.18. The van der Waals surface area contributed by atoms with Crippen molar-refractivity contribution in [2.75, 3.05) is 6.61 Å². The zero-order valence-electron chi connectivity index (χ0n) is 12.9. The average molecular weight is 341 g/mol. The quantitative estimate of drug-likeness (QED) is 0.835. The van der Waals surface area contributed by atoms with Crippen molar-refractivity contribution in [2.24, 2.45) is 4.99 Å². The van der Waals surface area contributed by atoms with Crippen LogP contribution < -0.4 is 10.1 Å².